The highest BCUT2D eigenvalue weighted by atomic mass is 35.5. The minimum absolute atomic E-state index is 0. The predicted molar refractivity (Wildman–Crippen MR) is 43.9 cm³/mol. The first-order valence-electron chi connectivity index (χ1n) is 3.83. The monoisotopic (exact) mass is 179 g/mol. The first-order chi connectivity index (χ1) is 4.97. The van der Waals surface area contributed by atoms with Crippen LogP contribution >= 0.6 is 12.4 Å². The average molecular weight is 180 g/mol. The van der Waals surface area contributed by atoms with Gasteiger partial charge in [-0.15, -0.1) is 12.4 Å². The maximum atomic E-state index is 5.25. The third-order valence-corrected chi connectivity index (χ3v) is 2.31. The summed E-state index contributed by atoms with van der Waals surface area (Å²) in [5, 5.41) is 3.33. The Kier molecular flexibility index (Phi) is 3.59. The molecule has 0 radical (unpaired) electrons. The molecule has 2 fully saturated rings. The molecule has 4 heteroatoms. The summed E-state index contributed by atoms with van der Waals surface area (Å²) in [7, 11) is 0. The van der Waals surface area contributed by atoms with E-state index in [1.54, 1.807) is 0 Å². The molecule has 2 aliphatic heterocycles. The van der Waals surface area contributed by atoms with E-state index in [2.05, 4.69) is 5.32 Å². The summed E-state index contributed by atoms with van der Waals surface area (Å²) >= 11 is 0. The number of hydrogen-bond acceptors (Lipinski definition) is 3. The van der Waals surface area contributed by atoms with E-state index >= 15 is 0 Å². The molecule has 2 rings (SSSR count). The number of rotatable bonds is 0. The molecule has 0 aromatic heterocycles. The second kappa shape index (κ2) is 4.26. The van der Waals surface area contributed by atoms with E-state index in [4.69, 9.17) is 9.47 Å². The van der Waals surface area contributed by atoms with E-state index in [9.17, 15) is 0 Å². The van der Waals surface area contributed by atoms with E-state index in [1.807, 2.05) is 0 Å². The van der Waals surface area contributed by atoms with E-state index in [-0.39, 0.29) is 12.4 Å². The molecule has 0 aromatic carbocycles. The third kappa shape index (κ3) is 2.06. The minimum Gasteiger partial charge on any atom is -0.355 e. The molecule has 2 heterocycles. The number of halogens is 1. The van der Waals surface area contributed by atoms with Crippen molar-refractivity contribution in [3.63, 3.8) is 0 Å². The summed E-state index contributed by atoms with van der Waals surface area (Å²) < 4.78 is 10.5. The van der Waals surface area contributed by atoms with Gasteiger partial charge in [0.05, 0.1) is 13.2 Å². The zero-order valence-electron chi connectivity index (χ0n) is 6.41. The Morgan fingerprint density at radius 1 is 1.00 bits per heavy atom. The zero-order chi connectivity index (χ0) is 6.81. The predicted octanol–water partition coefficient (Wildman–Crippen LogP) is 0.248. The molecule has 0 amide bonds. The molecule has 0 aliphatic carbocycles. The summed E-state index contributed by atoms with van der Waals surface area (Å²) in [4.78, 5) is 0. The van der Waals surface area contributed by atoms with Gasteiger partial charge in [-0.1, -0.05) is 0 Å². The van der Waals surface area contributed by atoms with Crippen LogP contribution in [0.4, 0.5) is 0 Å². The summed E-state index contributed by atoms with van der Waals surface area (Å²) in [6.07, 6.45) is 0. The van der Waals surface area contributed by atoms with Gasteiger partial charge >= 0.3 is 0 Å². The van der Waals surface area contributed by atoms with Crippen molar-refractivity contribution in [2.24, 2.45) is 11.8 Å². The van der Waals surface area contributed by atoms with Crippen LogP contribution in [-0.4, -0.2) is 33.1 Å². The molecule has 2 aliphatic rings. The lowest BCUT2D eigenvalue weighted by Gasteiger charge is -2.10. The van der Waals surface area contributed by atoms with E-state index in [0.717, 1.165) is 26.3 Å². The molecule has 2 atom stereocenters. The Hall–Kier alpha value is 0.170. The molecule has 66 valence electrons. The van der Waals surface area contributed by atoms with Gasteiger partial charge in [-0.05, 0) is 0 Å². The highest BCUT2D eigenvalue weighted by Gasteiger charge is 2.28. The van der Waals surface area contributed by atoms with Gasteiger partial charge in [0.2, 0.25) is 0 Å². The maximum Gasteiger partial charge on any atom is 0.146 e. The fraction of sp³-hybridized carbons (Fsp3) is 1.00. The Morgan fingerprint density at radius 2 is 1.55 bits per heavy atom. The number of hydrogen-bond donors (Lipinski definition) is 1. The van der Waals surface area contributed by atoms with Gasteiger partial charge in [-0.25, -0.2) is 0 Å². The molecule has 0 spiro atoms. The fourth-order valence-electron chi connectivity index (χ4n) is 1.64. The minimum atomic E-state index is 0. The molecule has 0 unspecified atom stereocenters. The lowest BCUT2D eigenvalue weighted by Crippen LogP contribution is -2.17. The fourth-order valence-corrected chi connectivity index (χ4v) is 1.64. The van der Waals surface area contributed by atoms with Crippen molar-refractivity contribution in [2.75, 3.05) is 33.1 Å². The Bertz CT molecular complexity index is 111. The smallest absolute Gasteiger partial charge is 0.146 e. The molecule has 0 saturated carbocycles. The van der Waals surface area contributed by atoms with Crippen molar-refractivity contribution in [3.8, 4) is 0 Å². The molecular weight excluding hydrogens is 166 g/mol. The average Bonchev–Trinajstić information content (AvgIpc) is 2.28. The van der Waals surface area contributed by atoms with E-state index in [1.165, 1.54) is 0 Å². The largest absolute Gasteiger partial charge is 0.355 e. The highest BCUT2D eigenvalue weighted by molar-refractivity contribution is 5.85. The second-order valence-corrected chi connectivity index (χ2v) is 3.04. The van der Waals surface area contributed by atoms with Gasteiger partial charge in [0.15, 0.2) is 0 Å². The van der Waals surface area contributed by atoms with Crippen LogP contribution in [0.15, 0.2) is 0 Å². The van der Waals surface area contributed by atoms with Crippen molar-refractivity contribution in [2.45, 2.75) is 0 Å². The van der Waals surface area contributed by atoms with Crippen LogP contribution in [0.25, 0.3) is 0 Å². The van der Waals surface area contributed by atoms with Gasteiger partial charge in [-0.3, -0.25) is 0 Å². The standard InChI is InChI=1S/C7H13NO2.ClH/c1-6-3-9-5-10-4-7(6)2-8-1;/h6-8H,1-5H2;1H/t6-,7+;. The molecular formula is C7H14ClNO2. The number of nitrogens with one attached hydrogen (secondary N) is 1. The van der Waals surface area contributed by atoms with Crippen LogP contribution in [-0.2, 0) is 9.47 Å². The van der Waals surface area contributed by atoms with E-state index in [0.29, 0.717) is 18.6 Å². The Morgan fingerprint density at radius 3 is 2.09 bits per heavy atom. The van der Waals surface area contributed by atoms with Gasteiger partial charge in [0.1, 0.15) is 6.79 Å². The van der Waals surface area contributed by atoms with Crippen LogP contribution in [0.2, 0.25) is 0 Å². The Labute approximate surface area is 72.8 Å². The molecule has 0 bridgehead atoms. The van der Waals surface area contributed by atoms with Crippen molar-refractivity contribution in [3.05, 3.63) is 0 Å². The van der Waals surface area contributed by atoms with Gasteiger partial charge in [0.25, 0.3) is 0 Å². The molecule has 1 N–H and O–H groups in total. The maximum absolute atomic E-state index is 5.25. The number of fused-ring (bicyclic) bond motifs is 1. The van der Waals surface area contributed by atoms with Crippen molar-refractivity contribution < 1.29 is 9.47 Å². The quantitative estimate of drug-likeness (QED) is 0.578. The number of ether oxygens (including phenoxy) is 2. The SMILES string of the molecule is C1OC[C@H]2CNC[C@H]2CO1.Cl. The lowest BCUT2D eigenvalue weighted by molar-refractivity contribution is -0.0383. The summed E-state index contributed by atoms with van der Waals surface area (Å²) in [6.45, 7) is 4.45. The first kappa shape index (κ1) is 9.26. The summed E-state index contributed by atoms with van der Waals surface area (Å²) in [6, 6.07) is 0. The van der Waals surface area contributed by atoms with Gasteiger partial charge in [0, 0.05) is 24.9 Å². The van der Waals surface area contributed by atoms with Crippen molar-refractivity contribution >= 4 is 12.4 Å². The van der Waals surface area contributed by atoms with Crippen LogP contribution in [0.5, 0.6) is 0 Å². The topological polar surface area (TPSA) is 30.5 Å². The summed E-state index contributed by atoms with van der Waals surface area (Å²) in [5.41, 5.74) is 0. The van der Waals surface area contributed by atoms with Crippen LogP contribution in [0.1, 0.15) is 0 Å². The van der Waals surface area contributed by atoms with Gasteiger partial charge in [-0.2, -0.15) is 0 Å². The highest BCUT2D eigenvalue weighted by Crippen LogP contribution is 2.19. The van der Waals surface area contributed by atoms with E-state index < -0.39 is 0 Å². The second-order valence-electron chi connectivity index (χ2n) is 3.04. The van der Waals surface area contributed by atoms with Gasteiger partial charge < -0.3 is 14.8 Å². The molecule has 11 heavy (non-hydrogen) atoms. The van der Waals surface area contributed by atoms with Crippen LogP contribution in [0, 0.1) is 11.8 Å². The van der Waals surface area contributed by atoms with Crippen LogP contribution in [0.3, 0.4) is 0 Å². The normalized spacial score (nSPS) is 37.1. The van der Waals surface area contributed by atoms with Crippen LogP contribution < -0.4 is 5.32 Å². The Balaban J connectivity index is 0.000000605. The van der Waals surface area contributed by atoms with Crippen molar-refractivity contribution in [1.82, 2.24) is 5.32 Å². The zero-order valence-corrected chi connectivity index (χ0v) is 7.23. The molecule has 3 nitrogen and oxygen atoms in total. The van der Waals surface area contributed by atoms with Crippen molar-refractivity contribution in [1.29, 1.82) is 0 Å². The summed E-state index contributed by atoms with van der Waals surface area (Å²) in [5.74, 6) is 1.39. The molecule has 2 saturated heterocycles. The third-order valence-electron chi connectivity index (χ3n) is 2.31. The lowest BCUT2D eigenvalue weighted by atomic mass is 9.98. The molecule has 0 aromatic rings. The first-order valence-corrected chi connectivity index (χ1v) is 3.83.